The van der Waals surface area contributed by atoms with Gasteiger partial charge < -0.3 is 29.9 Å². The summed E-state index contributed by atoms with van der Waals surface area (Å²) >= 11 is 0. The van der Waals surface area contributed by atoms with E-state index in [1.54, 1.807) is 41.6 Å². The zero-order valence-electron chi connectivity index (χ0n) is 25.7. The lowest BCUT2D eigenvalue weighted by atomic mass is 10.0. The molecule has 0 saturated carbocycles. The Kier molecular flexibility index (Phi) is 9.42. The molecule has 2 heterocycles. The van der Waals surface area contributed by atoms with Crippen LogP contribution in [0.4, 0.5) is 16.2 Å². The first-order valence-corrected chi connectivity index (χ1v) is 16.1. The van der Waals surface area contributed by atoms with Gasteiger partial charge in [0.2, 0.25) is 5.91 Å². The highest BCUT2D eigenvalue weighted by Crippen LogP contribution is 2.30. The van der Waals surface area contributed by atoms with Gasteiger partial charge in [-0.15, -0.1) is 0 Å². The summed E-state index contributed by atoms with van der Waals surface area (Å²) in [5.41, 5.74) is 1.62. The highest BCUT2D eigenvalue weighted by Gasteiger charge is 2.34. The van der Waals surface area contributed by atoms with Crippen LogP contribution in [-0.4, -0.2) is 83.1 Å². The van der Waals surface area contributed by atoms with E-state index in [9.17, 15) is 23.1 Å². The molecule has 12 nitrogen and oxygen atoms in total. The van der Waals surface area contributed by atoms with Crippen molar-refractivity contribution in [3.63, 3.8) is 0 Å². The maximum atomic E-state index is 13.5. The molecule has 5 rings (SSSR count). The molecule has 3 N–H and O–H groups in total. The molecular weight excluding hydrogens is 596 g/mol. The number of aliphatic hydroxyl groups is 1. The Hall–Kier alpha value is -4.46. The number of urea groups is 1. The molecule has 4 aromatic rings. The second kappa shape index (κ2) is 13.3. The molecule has 3 atom stereocenters. The SMILES string of the molecule is C[C@H](CO)N1C[C@H](C)[C@H](CN(C)S(=O)(=O)c2cn(C)cn2)Oc2ccc(NC(=O)Nc3cccc4ccccc34)cc2CC1=O. The number of benzene rings is 3. The number of amides is 3. The molecule has 0 unspecified atom stereocenters. The third-order valence-corrected chi connectivity index (χ3v) is 9.71. The van der Waals surface area contributed by atoms with Crippen molar-refractivity contribution in [1.29, 1.82) is 0 Å². The molecule has 1 aromatic heterocycles. The van der Waals surface area contributed by atoms with Crippen LogP contribution in [0.2, 0.25) is 0 Å². The molecule has 0 radical (unpaired) electrons. The molecule has 0 fully saturated rings. The number of imidazole rings is 1. The fraction of sp³-hybridized carbons (Fsp3) is 0.344. The summed E-state index contributed by atoms with van der Waals surface area (Å²) in [7, 11) is -0.749. The maximum Gasteiger partial charge on any atom is 0.323 e. The predicted molar refractivity (Wildman–Crippen MR) is 172 cm³/mol. The zero-order valence-corrected chi connectivity index (χ0v) is 26.5. The monoisotopic (exact) mass is 634 g/mol. The van der Waals surface area contributed by atoms with Gasteiger partial charge in [0.1, 0.15) is 11.9 Å². The van der Waals surface area contributed by atoms with Crippen molar-refractivity contribution in [2.24, 2.45) is 13.0 Å². The number of hydrogen-bond donors (Lipinski definition) is 3. The minimum absolute atomic E-state index is 0.0114. The summed E-state index contributed by atoms with van der Waals surface area (Å²) < 4.78 is 35.7. The number of aliphatic hydroxyl groups excluding tert-OH is 1. The van der Waals surface area contributed by atoms with Crippen molar-refractivity contribution in [3.05, 3.63) is 78.8 Å². The van der Waals surface area contributed by atoms with Crippen LogP contribution in [0.1, 0.15) is 19.4 Å². The summed E-state index contributed by atoms with van der Waals surface area (Å²) in [6.45, 7) is 3.64. The van der Waals surface area contributed by atoms with E-state index in [2.05, 4.69) is 15.6 Å². The Labute approximate surface area is 262 Å². The van der Waals surface area contributed by atoms with Crippen molar-refractivity contribution in [2.45, 2.75) is 37.4 Å². The number of ether oxygens (including phenoxy) is 1. The number of aromatic nitrogens is 2. The van der Waals surface area contributed by atoms with Crippen LogP contribution in [-0.2, 0) is 28.3 Å². The molecule has 3 aromatic carbocycles. The standard InChI is InChI=1S/C32H38N6O6S/c1-21-16-38(22(2)19-39)31(40)15-24-14-25(34-32(41)35-27-11-7-9-23-8-5-6-10-26(23)27)12-13-28(24)44-29(21)17-37(4)45(42,43)30-18-36(3)20-33-30/h5-14,18,20-22,29,39H,15-17,19H2,1-4H3,(H2,34,35,41)/t21-,22+,29-/m0/s1. The van der Waals surface area contributed by atoms with Crippen LogP contribution in [0.5, 0.6) is 5.75 Å². The number of aryl methyl sites for hydroxylation is 1. The van der Waals surface area contributed by atoms with Gasteiger partial charge in [-0.05, 0) is 36.6 Å². The van der Waals surface area contributed by atoms with Crippen molar-refractivity contribution in [2.75, 3.05) is 37.4 Å². The number of anilines is 2. The highest BCUT2D eigenvalue weighted by molar-refractivity contribution is 7.89. The summed E-state index contributed by atoms with van der Waals surface area (Å²) in [6.07, 6.45) is 2.16. The van der Waals surface area contributed by atoms with Gasteiger partial charge in [0, 0.05) is 49.4 Å². The zero-order chi connectivity index (χ0) is 32.3. The number of sulfonamides is 1. The van der Waals surface area contributed by atoms with Crippen LogP contribution in [0.25, 0.3) is 10.8 Å². The molecule has 0 bridgehead atoms. The lowest BCUT2D eigenvalue weighted by molar-refractivity contribution is -0.134. The van der Waals surface area contributed by atoms with E-state index < -0.39 is 28.2 Å². The van der Waals surface area contributed by atoms with E-state index in [4.69, 9.17) is 4.74 Å². The summed E-state index contributed by atoms with van der Waals surface area (Å²) in [4.78, 5) is 32.2. The Bertz CT molecular complexity index is 1800. The van der Waals surface area contributed by atoms with Crippen LogP contribution in [0.15, 0.2) is 78.2 Å². The number of carbonyl (C=O) groups excluding carboxylic acids is 2. The topological polar surface area (TPSA) is 146 Å². The van der Waals surface area contributed by atoms with Crippen molar-refractivity contribution >= 4 is 44.1 Å². The highest BCUT2D eigenvalue weighted by atomic mass is 32.2. The average molecular weight is 635 g/mol. The average Bonchev–Trinajstić information content (AvgIpc) is 3.48. The predicted octanol–water partition coefficient (Wildman–Crippen LogP) is 3.69. The number of rotatable bonds is 8. The van der Waals surface area contributed by atoms with Gasteiger partial charge in [0.25, 0.3) is 10.0 Å². The molecule has 0 aliphatic carbocycles. The molecular formula is C32H38N6O6S. The van der Waals surface area contributed by atoms with E-state index in [1.165, 1.54) is 23.9 Å². The molecule has 0 spiro atoms. The quantitative estimate of drug-likeness (QED) is 0.268. The minimum Gasteiger partial charge on any atom is -0.488 e. The second-order valence-electron chi connectivity index (χ2n) is 11.5. The van der Waals surface area contributed by atoms with Gasteiger partial charge >= 0.3 is 6.03 Å². The lowest BCUT2D eigenvalue weighted by Gasteiger charge is -2.33. The van der Waals surface area contributed by atoms with Gasteiger partial charge in [-0.3, -0.25) is 4.79 Å². The lowest BCUT2D eigenvalue weighted by Crippen LogP contribution is -2.48. The number of nitrogens with one attached hydrogen (secondary N) is 2. The summed E-state index contributed by atoms with van der Waals surface area (Å²) in [5.74, 6) is -0.123. The minimum atomic E-state index is -3.91. The molecule has 45 heavy (non-hydrogen) atoms. The molecule has 3 amide bonds. The molecule has 0 saturated heterocycles. The van der Waals surface area contributed by atoms with Gasteiger partial charge in [-0.2, -0.15) is 4.31 Å². The summed E-state index contributed by atoms with van der Waals surface area (Å²) in [5, 5.41) is 17.5. The van der Waals surface area contributed by atoms with E-state index in [-0.39, 0.29) is 43.0 Å². The van der Waals surface area contributed by atoms with Crippen molar-refractivity contribution in [3.8, 4) is 5.75 Å². The van der Waals surface area contributed by atoms with Gasteiger partial charge in [0.05, 0.1) is 37.6 Å². The van der Waals surface area contributed by atoms with Gasteiger partial charge in [0.15, 0.2) is 5.03 Å². The first-order chi connectivity index (χ1) is 21.5. The fourth-order valence-electron chi connectivity index (χ4n) is 5.38. The van der Waals surface area contributed by atoms with Crippen LogP contribution >= 0.6 is 0 Å². The third kappa shape index (κ3) is 7.11. The first kappa shape index (κ1) is 31.9. The van der Waals surface area contributed by atoms with Crippen molar-refractivity contribution in [1.82, 2.24) is 18.8 Å². The van der Waals surface area contributed by atoms with Crippen LogP contribution in [0, 0.1) is 5.92 Å². The Morgan fingerprint density at radius 1 is 1.16 bits per heavy atom. The Morgan fingerprint density at radius 2 is 1.91 bits per heavy atom. The Morgan fingerprint density at radius 3 is 2.64 bits per heavy atom. The summed E-state index contributed by atoms with van der Waals surface area (Å²) in [6, 6.07) is 17.5. The Balaban J connectivity index is 1.41. The third-order valence-electron chi connectivity index (χ3n) is 8.01. The van der Waals surface area contributed by atoms with E-state index in [1.807, 2.05) is 49.4 Å². The normalized spacial score (nSPS) is 18.0. The number of likely N-dealkylation sites (N-methyl/N-ethyl adjacent to an activating group) is 1. The molecule has 13 heteroatoms. The fourth-order valence-corrected chi connectivity index (χ4v) is 6.52. The maximum absolute atomic E-state index is 13.5. The van der Waals surface area contributed by atoms with E-state index in [0.29, 0.717) is 22.7 Å². The van der Waals surface area contributed by atoms with Gasteiger partial charge in [-0.1, -0.05) is 43.3 Å². The molecule has 1 aliphatic rings. The van der Waals surface area contributed by atoms with Crippen LogP contribution < -0.4 is 15.4 Å². The van der Waals surface area contributed by atoms with Crippen molar-refractivity contribution < 1.29 is 27.9 Å². The number of carbonyl (C=O) groups is 2. The second-order valence-corrected chi connectivity index (χ2v) is 13.5. The van der Waals surface area contributed by atoms with Gasteiger partial charge in [-0.25, -0.2) is 18.2 Å². The van der Waals surface area contributed by atoms with Crippen LogP contribution in [0.3, 0.4) is 0 Å². The number of fused-ring (bicyclic) bond motifs is 2. The number of hydrogen-bond acceptors (Lipinski definition) is 7. The van der Waals surface area contributed by atoms with E-state index >= 15 is 0 Å². The molecule has 1 aliphatic heterocycles. The largest absolute Gasteiger partial charge is 0.488 e. The molecule has 238 valence electrons. The smallest absolute Gasteiger partial charge is 0.323 e. The van der Waals surface area contributed by atoms with E-state index in [0.717, 1.165) is 10.8 Å². The number of nitrogens with zero attached hydrogens (tertiary/aromatic N) is 4. The first-order valence-electron chi connectivity index (χ1n) is 14.7.